The molecular formula is C10H13BrFNO. The summed E-state index contributed by atoms with van der Waals surface area (Å²) in [4.78, 5) is 2.22. The van der Waals surface area contributed by atoms with Gasteiger partial charge in [0.2, 0.25) is 0 Å². The van der Waals surface area contributed by atoms with Crippen molar-refractivity contribution in [1.29, 1.82) is 0 Å². The first-order chi connectivity index (χ1) is 6.74. The lowest BCUT2D eigenvalue weighted by molar-refractivity contribution is 0.138. The summed E-state index contributed by atoms with van der Waals surface area (Å²) in [5.74, 6) is 0.939. The molecule has 1 saturated heterocycles. The molecule has 2 rings (SSSR count). The number of alkyl halides is 1. The Bertz CT molecular complexity index is 294. The lowest BCUT2D eigenvalue weighted by Crippen LogP contribution is -2.33. The highest BCUT2D eigenvalue weighted by Gasteiger charge is 2.18. The fourth-order valence-electron chi connectivity index (χ4n) is 1.72. The Hall–Kier alpha value is -0.350. The Balaban J connectivity index is 1.86. The summed E-state index contributed by atoms with van der Waals surface area (Å²) in [6.45, 7) is 2.46. The second kappa shape index (κ2) is 4.45. The number of rotatable bonds is 2. The van der Waals surface area contributed by atoms with E-state index in [1.165, 1.54) is 0 Å². The van der Waals surface area contributed by atoms with E-state index >= 15 is 0 Å². The van der Waals surface area contributed by atoms with Crippen molar-refractivity contribution >= 4 is 15.9 Å². The largest absolute Gasteiger partial charge is 0.467 e. The van der Waals surface area contributed by atoms with Crippen molar-refractivity contribution in [3.05, 3.63) is 22.6 Å². The van der Waals surface area contributed by atoms with Crippen LogP contribution >= 0.6 is 15.9 Å². The van der Waals surface area contributed by atoms with Crippen LogP contribution in [0.1, 0.15) is 18.6 Å². The molecule has 2 heterocycles. The second-order valence-corrected chi connectivity index (χ2v) is 4.60. The Morgan fingerprint density at radius 3 is 2.79 bits per heavy atom. The zero-order valence-electron chi connectivity index (χ0n) is 7.88. The van der Waals surface area contributed by atoms with Gasteiger partial charge >= 0.3 is 0 Å². The lowest BCUT2D eigenvalue weighted by atomic mass is 10.1. The van der Waals surface area contributed by atoms with Crippen molar-refractivity contribution in [3.8, 4) is 0 Å². The van der Waals surface area contributed by atoms with Crippen molar-refractivity contribution in [3.63, 3.8) is 0 Å². The van der Waals surface area contributed by atoms with Crippen molar-refractivity contribution in [2.45, 2.75) is 25.6 Å². The van der Waals surface area contributed by atoms with Gasteiger partial charge in [-0.05, 0) is 34.8 Å². The van der Waals surface area contributed by atoms with Gasteiger partial charge in [-0.2, -0.15) is 0 Å². The predicted octanol–water partition coefficient (Wildman–Crippen LogP) is 2.98. The van der Waals surface area contributed by atoms with Crippen LogP contribution in [-0.4, -0.2) is 24.2 Å². The molecule has 0 aromatic carbocycles. The van der Waals surface area contributed by atoms with E-state index in [9.17, 15) is 4.39 Å². The van der Waals surface area contributed by atoms with E-state index in [4.69, 9.17) is 4.42 Å². The normalized spacial score (nSPS) is 20.1. The van der Waals surface area contributed by atoms with E-state index in [2.05, 4.69) is 20.8 Å². The molecule has 0 amide bonds. The van der Waals surface area contributed by atoms with Crippen LogP contribution in [-0.2, 0) is 6.54 Å². The Labute approximate surface area is 91.2 Å². The first kappa shape index (κ1) is 10.2. The van der Waals surface area contributed by atoms with E-state index in [-0.39, 0.29) is 0 Å². The zero-order chi connectivity index (χ0) is 9.97. The third-order valence-corrected chi connectivity index (χ3v) is 2.93. The smallest absolute Gasteiger partial charge is 0.118 e. The third kappa shape index (κ3) is 2.58. The van der Waals surface area contributed by atoms with Gasteiger partial charge < -0.3 is 4.42 Å². The second-order valence-electron chi connectivity index (χ2n) is 3.68. The summed E-state index contributed by atoms with van der Waals surface area (Å²) in [6, 6.07) is 1.96. The average Bonchev–Trinajstić information content (AvgIpc) is 2.56. The molecule has 78 valence electrons. The van der Waals surface area contributed by atoms with Crippen LogP contribution in [0.15, 0.2) is 21.2 Å². The molecule has 0 saturated carbocycles. The van der Waals surface area contributed by atoms with Crippen LogP contribution in [0.4, 0.5) is 4.39 Å². The molecule has 4 heteroatoms. The lowest BCUT2D eigenvalue weighted by Gasteiger charge is -2.27. The molecule has 1 aromatic heterocycles. The average molecular weight is 262 g/mol. The summed E-state index contributed by atoms with van der Waals surface area (Å²) in [7, 11) is 0. The summed E-state index contributed by atoms with van der Waals surface area (Å²) >= 11 is 3.33. The van der Waals surface area contributed by atoms with Crippen LogP contribution < -0.4 is 0 Å². The van der Waals surface area contributed by atoms with Crippen LogP contribution in [0.5, 0.6) is 0 Å². The van der Waals surface area contributed by atoms with Gasteiger partial charge in [-0.15, -0.1) is 0 Å². The third-order valence-electron chi connectivity index (χ3n) is 2.52. The number of likely N-dealkylation sites (tertiary alicyclic amines) is 1. The fraction of sp³-hybridized carbons (Fsp3) is 0.600. The maximum Gasteiger partial charge on any atom is 0.118 e. The van der Waals surface area contributed by atoms with Gasteiger partial charge in [0.25, 0.3) is 0 Å². The molecule has 1 aliphatic heterocycles. The summed E-state index contributed by atoms with van der Waals surface area (Å²) in [5, 5.41) is 0. The summed E-state index contributed by atoms with van der Waals surface area (Å²) < 4.78 is 19.1. The highest BCUT2D eigenvalue weighted by Crippen LogP contribution is 2.19. The maximum absolute atomic E-state index is 12.8. The molecule has 0 bridgehead atoms. The van der Waals surface area contributed by atoms with Gasteiger partial charge in [-0.1, -0.05) is 0 Å². The minimum Gasteiger partial charge on any atom is -0.467 e. The molecule has 0 N–H and O–H groups in total. The highest BCUT2D eigenvalue weighted by atomic mass is 79.9. The first-order valence-electron chi connectivity index (χ1n) is 4.83. The molecule has 14 heavy (non-hydrogen) atoms. The van der Waals surface area contributed by atoms with Crippen molar-refractivity contribution in [1.82, 2.24) is 4.90 Å². The standard InChI is InChI=1S/C10H13BrFNO/c11-8-5-10(14-7-8)6-13-3-1-9(12)2-4-13/h5,7,9H,1-4,6H2. The molecule has 1 aliphatic rings. The monoisotopic (exact) mass is 261 g/mol. The maximum atomic E-state index is 12.8. The SMILES string of the molecule is FC1CCN(Cc2cc(Br)co2)CC1. The summed E-state index contributed by atoms with van der Waals surface area (Å²) in [5.41, 5.74) is 0. The highest BCUT2D eigenvalue weighted by molar-refractivity contribution is 9.10. The van der Waals surface area contributed by atoms with Crippen LogP contribution in [0, 0.1) is 0 Å². The fourth-order valence-corrected chi connectivity index (χ4v) is 2.07. The van der Waals surface area contributed by atoms with Gasteiger partial charge in [0.15, 0.2) is 0 Å². The van der Waals surface area contributed by atoms with Gasteiger partial charge in [-0.25, -0.2) is 4.39 Å². The van der Waals surface area contributed by atoms with E-state index in [0.717, 1.165) is 29.9 Å². The summed E-state index contributed by atoms with van der Waals surface area (Å²) in [6.07, 6.45) is 2.38. The van der Waals surface area contributed by atoms with E-state index in [1.54, 1.807) is 6.26 Å². The van der Waals surface area contributed by atoms with Gasteiger partial charge in [0, 0.05) is 13.1 Å². The molecule has 0 spiro atoms. The minimum atomic E-state index is -0.602. The molecule has 0 aliphatic carbocycles. The number of piperidine rings is 1. The molecule has 1 fully saturated rings. The Morgan fingerprint density at radius 2 is 2.21 bits per heavy atom. The molecular weight excluding hydrogens is 249 g/mol. The van der Waals surface area contributed by atoms with Crippen molar-refractivity contribution in [2.24, 2.45) is 0 Å². The molecule has 0 unspecified atom stereocenters. The van der Waals surface area contributed by atoms with Gasteiger partial charge in [-0.3, -0.25) is 4.90 Å². The van der Waals surface area contributed by atoms with Crippen LogP contribution in [0.3, 0.4) is 0 Å². The topological polar surface area (TPSA) is 16.4 Å². The first-order valence-corrected chi connectivity index (χ1v) is 5.62. The van der Waals surface area contributed by atoms with Crippen molar-refractivity contribution in [2.75, 3.05) is 13.1 Å². The Kier molecular flexibility index (Phi) is 3.23. The van der Waals surface area contributed by atoms with Crippen LogP contribution in [0.2, 0.25) is 0 Å². The Morgan fingerprint density at radius 1 is 1.50 bits per heavy atom. The molecule has 0 atom stereocenters. The number of hydrogen-bond acceptors (Lipinski definition) is 2. The number of hydrogen-bond donors (Lipinski definition) is 0. The molecule has 1 aromatic rings. The number of furan rings is 1. The van der Waals surface area contributed by atoms with Crippen LogP contribution in [0.25, 0.3) is 0 Å². The predicted molar refractivity (Wildman–Crippen MR) is 55.8 cm³/mol. The number of halogens is 2. The van der Waals surface area contributed by atoms with Gasteiger partial charge in [0.1, 0.15) is 18.2 Å². The zero-order valence-corrected chi connectivity index (χ0v) is 9.46. The molecule has 2 nitrogen and oxygen atoms in total. The van der Waals surface area contributed by atoms with E-state index in [1.807, 2.05) is 6.07 Å². The minimum absolute atomic E-state index is 0.602. The number of nitrogens with zero attached hydrogens (tertiary/aromatic N) is 1. The van der Waals surface area contributed by atoms with Crippen molar-refractivity contribution < 1.29 is 8.81 Å². The molecule has 0 radical (unpaired) electrons. The quantitative estimate of drug-likeness (QED) is 0.814. The van der Waals surface area contributed by atoms with E-state index in [0.29, 0.717) is 12.8 Å². The van der Waals surface area contributed by atoms with E-state index < -0.39 is 6.17 Å². The van der Waals surface area contributed by atoms with Gasteiger partial charge in [0.05, 0.1) is 11.0 Å².